The topological polar surface area (TPSA) is 99.4 Å². The minimum atomic E-state index is -0.307. The van der Waals surface area contributed by atoms with E-state index in [-0.39, 0.29) is 25.0 Å². The number of carbonyl (C=O) groups excluding carboxylic acids is 1. The van der Waals surface area contributed by atoms with Crippen molar-refractivity contribution >= 4 is 11.6 Å². The zero-order chi connectivity index (χ0) is 17.5. The van der Waals surface area contributed by atoms with E-state index >= 15 is 0 Å². The molecule has 8 heteroatoms. The lowest BCUT2D eigenvalue weighted by molar-refractivity contribution is -0.121. The van der Waals surface area contributed by atoms with Gasteiger partial charge in [0, 0.05) is 18.0 Å². The highest BCUT2D eigenvalue weighted by Gasteiger charge is 2.11. The molecule has 0 unspecified atom stereocenters. The van der Waals surface area contributed by atoms with Crippen molar-refractivity contribution in [3.05, 3.63) is 54.7 Å². The number of amides is 1. The maximum Gasteiger partial charge on any atom is 0.252 e. The number of pyridine rings is 1. The summed E-state index contributed by atoms with van der Waals surface area (Å²) >= 11 is 0. The zero-order valence-electron chi connectivity index (χ0n) is 13.5. The third kappa shape index (κ3) is 4.39. The maximum atomic E-state index is 11.9. The molecule has 2 aromatic heterocycles. The van der Waals surface area contributed by atoms with Crippen LogP contribution in [0.3, 0.4) is 0 Å². The molecule has 3 rings (SSSR count). The van der Waals surface area contributed by atoms with Crippen LogP contribution in [0.5, 0.6) is 5.75 Å². The van der Waals surface area contributed by atoms with Crippen molar-refractivity contribution < 1.29 is 18.8 Å². The number of hydrogen-bond acceptors (Lipinski definition) is 7. The van der Waals surface area contributed by atoms with E-state index in [4.69, 9.17) is 14.0 Å². The molecule has 3 aromatic rings. The van der Waals surface area contributed by atoms with Gasteiger partial charge in [-0.2, -0.15) is 4.98 Å². The van der Waals surface area contributed by atoms with Gasteiger partial charge in [-0.1, -0.05) is 17.3 Å². The molecule has 0 fully saturated rings. The summed E-state index contributed by atoms with van der Waals surface area (Å²) in [4.78, 5) is 20.1. The van der Waals surface area contributed by atoms with Gasteiger partial charge in [-0.25, -0.2) is 0 Å². The fourth-order valence-electron chi connectivity index (χ4n) is 2.10. The molecule has 0 radical (unpaired) electrons. The molecule has 0 saturated carbocycles. The number of anilines is 1. The molecule has 2 heterocycles. The lowest BCUT2D eigenvalue weighted by Crippen LogP contribution is -2.18. The highest BCUT2D eigenvalue weighted by molar-refractivity contribution is 5.93. The quantitative estimate of drug-likeness (QED) is 0.704. The van der Waals surface area contributed by atoms with Gasteiger partial charge in [-0.15, -0.1) is 0 Å². The molecular weight excluding hydrogens is 324 g/mol. The summed E-state index contributed by atoms with van der Waals surface area (Å²) in [6, 6.07) is 10.7. The van der Waals surface area contributed by atoms with E-state index in [1.54, 1.807) is 42.7 Å². The number of para-hydroxylation sites is 2. The largest absolute Gasteiger partial charge is 0.495 e. The van der Waals surface area contributed by atoms with Gasteiger partial charge in [-0.3, -0.25) is 9.78 Å². The highest BCUT2D eigenvalue weighted by Crippen LogP contribution is 2.22. The van der Waals surface area contributed by atoms with E-state index in [0.29, 0.717) is 17.3 Å². The van der Waals surface area contributed by atoms with Crippen molar-refractivity contribution in [2.45, 2.75) is 6.61 Å². The first-order valence-electron chi connectivity index (χ1n) is 7.50. The number of aromatic nitrogens is 3. The van der Waals surface area contributed by atoms with E-state index in [0.717, 1.165) is 5.56 Å². The predicted octanol–water partition coefficient (Wildman–Crippen LogP) is 2.30. The Kier molecular flexibility index (Phi) is 5.32. The third-order valence-electron chi connectivity index (χ3n) is 3.25. The smallest absolute Gasteiger partial charge is 0.252 e. The van der Waals surface area contributed by atoms with E-state index in [2.05, 4.69) is 20.4 Å². The van der Waals surface area contributed by atoms with Gasteiger partial charge in [0.1, 0.15) is 19.0 Å². The number of carbonyl (C=O) groups is 1. The molecule has 0 bridgehead atoms. The Morgan fingerprint density at radius 3 is 2.80 bits per heavy atom. The summed E-state index contributed by atoms with van der Waals surface area (Å²) in [6.45, 7) is -0.109. The Balaban J connectivity index is 1.50. The Bertz CT molecular complexity index is 835. The van der Waals surface area contributed by atoms with Gasteiger partial charge in [-0.05, 0) is 24.3 Å². The fraction of sp³-hybridized carbons (Fsp3) is 0.176. The number of nitrogens with zero attached hydrogens (tertiary/aromatic N) is 3. The molecule has 0 saturated heterocycles. The SMILES string of the molecule is COc1ccccc1NC(=O)COCc1nc(-c2ccncc2)no1. The van der Waals surface area contributed by atoms with Gasteiger partial charge in [0.25, 0.3) is 5.89 Å². The van der Waals surface area contributed by atoms with Crippen molar-refractivity contribution in [1.82, 2.24) is 15.1 Å². The van der Waals surface area contributed by atoms with E-state index in [1.807, 2.05) is 6.07 Å². The van der Waals surface area contributed by atoms with Crippen LogP contribution in [-0.4, -0.2) is 34.7 Å². The summed E-state index contributed by atoms with van der Waals surface area (Å²) in [5, 5.41) is 6.58. The molecule has 0 atom stereocenters. The van der Waals surface area contributed by atoms with Crippen LogP contribution in [0, 0.1) is 0 Å². The minimum Gasteiger partial charge on any atom is -0.495 e. The molecule has 0 spiro atoms. The summed E-state index contributed by atoms with van der Waals surface area (Å²) < 4.78 is 15.6. The molecular formula is C17H16N4O4. The number of hydrogen-bond donors (Lipinski definition) is 1. The fourth-order valence-corrected chi connectivity index (χ4v) is 2.10. The van der Waals surface area contributed by atoms with E-state index in [9.17, 15) is 4.79 Å². The lowest BCUT2D eigenvalue weighted by Gasteiger charge is -2.09. The number of ether oxygens (including phenoxy) is 2. The average molecular weight is 340 g/mol. The van der Waals surface area contributed by atoms with Gasteiger partial charge in [0.15, 0.2) is 0 Å². The van der Waals surface area contributed by atoms with Crippen LogP contribution in [0.2, 0.25) is 0 Å². The average Bonchev–Trinajstić information content (AvgIpc) is 3.12. The van der Waals surface area contributed by atoms with Crippen molar-refractivity contribution in [1.29, 1.82) is 0 Å². The predicted molar refractivity (Wildman–Crippen MR) is 88.8 cm³/mol. The van der Waals surface area contributed by atoms with Crippen LogP contribution in [0.1, 0.15) is 5.89 Å². The first-order chi connectivity index (χ1) is 12.3. The Morgan fingerprint density at radius 2 is 2.00 bits per heavy atom. The van der Waals surface area contributed by atoms with Gasteiger partial charge >= 0.3 is 0 Å². The standard InChI is InChI=1S/C17H16N4O4/c1-23-14-5-3-2-4-13(14)19-15(22)10-24-11-16-20-17(21-25-16)12-6-8-18-9-7-12/h2-9H,10-11H2,1H3,(H,19,22). The van der Waals surface area contributed by atoms with Crippen molar-refractivity contribution in [2.24, 2.45) is 0 Å². The Labute approximate surface area is 143 Å². The molecule has 0 aliphatic heterocycles. The summed E-state index contributed by atoms with van der Waals surface area (Å²) in [5.41, 5.74) is 1.37. The zero-order valence-corrected chi connectivity index (χ0v) is 13.5. The van der Waals surface area contributed by atoms with Gasteiger partial charge < -0.3 is 19.3 Å². The molecule has 25 heavy (non-hydrogen) atoms. The lowest BCUT2D eigenvalue weighted by atomic mass is 10.2. The van der Waals surface area contributed by atoms with Crippen LogP contribution in [0.25, 0.3) is 11.4 Å². The van der Waals surface area contributed by atoms with E-state index in [1.165, 1.54) is 7.11 Å². The van der Waals surface area contributed by atoms with Gasteiger partial charge in [0.2, 0.25) is 11.7 Å². The molecule has 1 amide bonds. The second kappa shape index (κ2) is 8.02. The monoisotopic (exact) mass is 340 g/mol. The Morgan fingerprint density at radius 1 is 1.20 bits per heavy atom. The number of rotatable bonds is 7. The van der Waals surface area contributed by atoms with Gasteiger partial charge in [0.05, 0.1) is 12.8 Å². The van der Waals surface area contributed by atoms with E-state index < -0.39 is 0 Å². The number of benzene rings is 1. The highest BCUT2D eigenvalue weighted by atomic mass is 16.5. The van der Waals surface area contributed by atoms with Crippen LogP contribution in [-0.2, 0) is 16.1 Å². The minimum absolute atomic E-state index is 0.0391. The Hall–Kier alpha value is -3.26. The first-order valence-corrected chi connectivity index (χ1v) is 7.50. The molecule has 128 valence electrons. The molecule has 1 N–H and O–H groups in total. The second-order valence-electron chi connectivity index (χ2n) is 4.99. The summed E-state index contributed by atoms with van der Waals surface area (Å²) in [7, 11) is 1.54. The van der Waals surface area contributed by atoms with Crippen molar-refractivity contribution in [3.8, 4) is 17.1 Å². The third-order valence-corrected chi connectivity index (χ3v) is 3.25. The van der Waals surface area contributed by atoms with Crippen LogP contribution in [0.15, 0.2) is 53.3 Å². The van der Waals surface area contributed by atoms with Crippen LogP contribution < -0.4 is 10.1 Å². The molecule has 0 aliphatic rings. The maximum absolute atomic E-state index is 11.9. The van der Waals surface area contributed by atoms with Crippen molar-refractivity contribution in [2.75, 3.05) is 19.0 Å². The number of methoxy groups -OCH3 is 1. The second-order valence-corrected chi connectivity index (χ2v) is 4.99. The molecule has 0 aliphatic carbocycles. The first kappa shape index (κ1) is 16.6. The molecule has 8 nitrogen and oxygen atoms in total. The van der Waals surface area contributed by atoms with Crippen molar-refractivity contribution in [3.63, 3.8) is 0 Å². The summed E-state index contributed by atoms with van der Waals surface area (Å²) in [5.74, 6) is 1.00. The molecule has 1 aromatic carbocycles. The number of nitrogens with one attached hydrogen (secondary N) is 1. The summed E-state index contributed by atoms with van der Waals surface area (Å²) in [6.07, 6.45) is 3.29. The van der Waals surface area contributed by atoms with Crippen LogP contribution >= 0.6 is 0 Å². The normalized spacial score (nSPS) is 10.4. The van der Waals surface area contributed by atoms with Crippen LogP contribution in [0.4, 0.5) is 5.69 Å².